The summed E-state index contributed by atoms with van der Waals surface area (Å²) in [6.07, 6.45) is 2.55. The summed E-state index contributed by atoms with van der Waals surface area (Å²) >= 11 is 5.32. The molecule has 0 N–H and O–H groups in total. The number of alkyl halides is 1. The molecule has 0 radical (unpaired) electrons. The number of hydrogen-bond donors (Lipinski definition) is 0. The number of carbonyl (C=O) groups is 1. The van der Waals surface area contributed by atoms with Gasteiger partial charge in [-0.25, -0.2) is 4.39 Å². The molecular formula is C12H10BrFINO. The van der Waals surface area contributed by atoms with E-state index < -0.39 is 0 Å². The lowest BCUT2D eigenvalue weighted by Gasteiger charge is -2.28. The van der Waals surface area contributed by atoms with Gasteiger partial charge >= 0.3 is 0 Å². The Morgan fingerprint density at radius 3 is 2.88 bits per heavy atom. The summed E-state index contributed by atoms with van der Waals surface area (Å²) in [5, 5.41) is 0. The molecule has 0 bridgehead atoms. The van der Waals surface area contributed by atoms with E-state index >= 15 is 0 Å². The summed E-state index contributed by atoms with van der Waals surface area (Å²) in [6, 6.07) is 4.86. The molecular weight excluding hydrogens is 400 g/mol. The van der Waals surface area contributed by atoms with Crippen LogP contribution in [0.3, 0.4) is 0 Å². The van der Waals surface area contributed by atoms with Crippen LogP contribution in [0.5, 0.6) is 0 Å². The van der Waals surface area contributed by atoms with Crippen LogP contribution in [-0.4, -0.2) is 21.8 Å². The first kappa shape index (κ1) is 13.0. The van der Waals surface area contributed by atoms with Crippen LogP contribution in [0.15, 0.2) is 28.7 Å². The Kier molecular flexibility index (Phi) is 3.87. The van der Waals surface area contributed by atoms with Crippen LogP contribution in [-0.2, 0) is 4.79 Å². The van der Waals surface area contributed by atoms with Crippen molar-refractivity contribution in [1.82, 2.24) is 4.90 Å². The monoisotopic (exact) mass is 409 g/mol. The van der Waals surface area contributed by atoms with Crippen LogP contribution in [0.1, 0.15) is 12.0 Å². The zero-order valence-electron chi connectivity index (χ0n) is 9.08. The Balaban J connectivity index is 2.43. The lowest BCUT2D eigenvalue weighted by atomic mass is 10.0. The van der Waals surface area contributed by atoms with Gasteiger partial charge in [-0.3, -0.25) is 4.79 Å². The van der Waals surface area contributed by atoms with E-state index in [1.54, 1.807) is 19.2 Å². The highest BCUT2D eigenvalue weighted by Gasteiger charge is 2.27. The van der Waals surface area contributed by atoms with Crippen LogP contribution >= 0.6 is 38.5 Å². The van der Waals surface area contributed by atoms with Crippen LogP contribution in [0.4, 0.5) is 4.39 Å². The predicted molar refractivity (Wildman–Crippen MR) is 77.3 cm³/mol. The molecule has 1 aliphatic heterocycles. The number of amides is 1. The predicted octanol–water partition coefficient (Wildman–Crippen LogP) is 3.59. The second-order valence-corrected chi connectivity index (χ2v) is 6.23. The van der Waals surface area contributed by atoms with Gasteiger partial charge in [-0.05, 0) is 24.6 Å². The Labute approximate surface area is 121 Å². The van der Waals surface area contributed by atoms with Gasteiger partial charge in [0.25, 0.3) is 0 Å². The van der Waals surface area contributed by atoms with Crippen LogP contribution in [0.25, 0.3) is 5.70 Å². The average molecular weight is 410 g/mol. The highest BCUT2D eigenvalue weighted by atomic mass is 127. The summed E-state index contributed by atoms with van der Waals surface area (Å²) in [5.74, 6) is -0.303. The van der Waals surface area contributed by atoms with Crippen molar-refractivity contribution in [2.24, 2.45) is 0 Å². The Morgan fingerprint density at radius 2 is 2.24 bits per heavy atom. The third-order valence-corrected chi connectivity index (χ3v) is 4.22. The van der Waals surface area contributed by atoms with Crippen molar-refractivity contribution >= 4 is 50.1 Å². The highest BCUT2D eigenvalue weighted by Crippen LogP contribution is 2.30. The lowest BCUT2D eigenvalue weighted by Crippen LogP contribution is -2.35. The van der Waals surface area contributed by atoms with E-state index in [1.165, 1.54) is 11.0 Å². The van der Waals surface area contributed by atoms with Crippen LogP contribution < -0.4 is 0 Å². The third kappa shape index (κ3) is 2.54. The Morgan fingerprint density at radius 1 is 1.53 bits per heavy atom. The molecule has 0 aromatic heterocycles. The van der Waals surface area contributed by atoms with E-state index in [1.807, 2.05) is 6.08 Å². The minimum Gasteiger partial charge on any atom is -0.314 e. The topological polar surface area (TPSA) is 20.3 Å². The summed E-state index contributed by atoms with van der Waals surface area (Å²) in [6.45, 7) is 0. The van der Waals surface area contributed by atoms with Crippen molar-refractivity contribution in [3.63, 3.8) is 0 Å². The first-order valence-corrected chi connectivity index (χ1v) is 7.12. The van der Waals surface area contributed by atoms with Gasteiger partial charge in [0.2, 0.25) is 5.91 Å². The molecule has 1 atom stereocenters. The maximum absolute atomic E-state index is 13.8. The molecule has 1 amide bonds. The van der Waals surface area contributed by atoms with Crippen molar-refractivity contribution in [3.8, 4) is 0 Å². The maximum atomic E-state index is 13.8. The molecule has 1 aromatic rings. The molecule has 17 heavy (non-hydrogen) atoms. The van der Waals surface area contributed by atoms with Gasteiger partial charge in [0, 0.05) is 22.8 Å². The number of rotatable bonds is 1. The zero-order chi connectivity index (χ0) is 12.6. The molecule has 1 aromatic carbocycles. The van der Waals surface area contributed by atoms with E-state index in [0.29, 0.717) is 22.2 Å². The van der Waals surface area contributed by atoms with Crippen molar-refractivity contribution < 1.29 is 9.18 Å². The number of halogens is 3. The number of carbonyl (C=O) groups excluding carboxylic acids is 1. The first-order chi connectivity index (χ1) is 8.00. The molecule has 5 heteroatoms. The van der Waals surface area contributed by atoms with Crippen molar-refractivity contribution in [3.05, 3.63) is 40.1 Å². The fourth-order valence-electron chi connectivity index (χ4n) is 1.77. The van der Waals surface area contributed by atoms with E-state index in [2.05, 4.69) is 38.5 Å². The minimum atomic E-state index is -0.322. The molecule has 0 saturated carbocycles. The fraction of sp³-hybridized carbons (Fsp3) is 0.250. The smallest absolute Gasteiger partial charge is 0.240 e. The van der Waals surface area contributed by atoms with Gasteiger partial charge in [-0.1, -0.05) is 44.6 Å². The number of benzene rings is 1. The summed E-state index contributed by atoms with van der Waals surface area (Å²) < 4.78 is 14.5. The van der Waals surface area contributed by atoms with Gasteiger partial charge in [-0.15, -0.1) is 0 Å². The van der Waals surface area contributed by atoms with Crippen molar-refractivity contribution in [2.75, 3.05) is 7.05 Å². The molecule has 2 rings (SSSR count). The maximum Gasteiger partial charge on any atom is 0.240 e. The molecule has 0 aliphatic carbocycles. The standard InChI is InChI=1S/C12H10BrFINO/c1-16-11(5-4-10(15)12(16)17)8-3-2-7(13)6-9(8)14/h2-3,5-6,10H,4H2,1H3. The van der Waals surface area contributed by atoms with Crippen molar-refractivity contribution in [1.29, 1.82) is 0 Å². The summed E-state index contributed by atoms with van der Waals surface area (Å²) in [4.78, 5) is 13.4. The van der Waals surface area contributed by atoms with E-state index in [9.17, 15) is 9.18 Å². The van der Waals surface area contributed by atoms with Crippen LogP contribution in [0, 0.1) is 5.82 Å². The number of hydrogen-bond acceptors (Lipinski definition) is 1. The third-order valence-electron chi connectivity index (χ3n) is 2.69. The quantitative estimate of drug-likeness (QED) is 0.512. The van der Waals surface area contributed by atoms with Gasteiger partial charge < -0.3 is 4.90 Å². The summed E-state index contributed by atoms with van der Waals surface area (Å²) in [5.41, 5.74) is 1.11. The SMILES string of the molecule is CN1C(=O)C(I)CC=C1c1ccc(Br)cc1F. The van der Waals surface area contributed by atoms with E-state index in [-0.39, 0.29) is 15.6 Å². The van der Waals surface area contributed by atoms with Crippen molar-refractivity contribution in [2.45, 2.75) is 10.3 Å². The average Bonchev–Trinajstić information content (AvgIpc) is 2.28. The molecule has 0 spiro atoms. The molecule has 90 valence electrons. The molecule has 1 heterocycles. The second-order valence-electron chi connectivity index (χ2n) is 3.81. The van der Waals surface area contributed by atoms with Gasteiger partial charge in [-0.2, -0.15) is 0 Å². The van der Waals surface area contributed by atoms with Gasteiger partial charge in [0.05, 0.1) is 3.92 Å². The van der Waals surface area contributed by atoms with Gasteiger partial charge in [0.15, 0.2) is 0 Å². The molecule has 2 nitrogen and oxygen atoms in total. The first-order valence-electron chi connectivity index (χ1n) is 5.08. The lowest BCUT2D eigenvalue weighted by molar-refractivity contribution is -0.126. The number of nitrogens with zero attached hydrogens (tertiary/aromatic N) is 1. The Bertz CT molecular complexity index is 503. The van der Waals surface area contributed by atoms with Crippen LogP contribution in [0.2, 0.25) is 0 Å². The highest BCUT2D eigenvalue weighted by molar-refractivity contribution is 14.1. The van der Waals surface area contributed by atoms with Gasteiger partial charge in [0.1, 0.15) is 5.82 Å². The summed E-state index contributed by atoms with van der Waals surface area (Å²) in [7, 11) is 1.68. The largest absolute Gasteiger partial charge is 0.314 e. The number of allylic oxidation sites excluding steroid dienone is 1. The Hall–Kier alpha value is -0.430. The molecule has 1 unspecified atom stereocenters. The minimum absolute atomic E-state index is 0.0189. The normalized spacial score (nSPS) is 20.5. The van der Waals surface area contributed by atoms with E-state index in [4.69, 9.17) is 0 Å². The second kappa shape index (κ2) is 5.06. The zero-order valence-corrected chi connectivity index (χ0v) is 12.8. The van der Waals surface area contributed by atoms with E-state index in [0.717, 1.165) is 0 Å². The molecule has 0 saturated heterocycles. The molecule has 1 aliphatic rings. The fourth-order valence-corrected chi connectivity index (χ4v) is 2.77. The molecule has 0 fully saturated rings.